The van der Waals surface area contributed by atoms with Crippen LogP contribution in [0.15, 0.2) is 24.3 Å². The summed E-state index contributed by atoms with van der Waals surface area (Å²) in [7, 11) is 0. The van der Waals surface area contributed by atoms with Crippen molar-refractivity contribution in [2.75, 3.05) is 13.2 Å². The first-order valence-electron chi connectivity index (χ1n) is 6.92. The Bertz CT molecular complexity index is 399. The third-order valence-corrected chi connectivity index (χ3v) is 2.86. The first-order valence-corrected chi connectivity index (χ1v) is 6.92. The van der Waals surface area contributed by atoms with E-state index in [1.165, 1.54) is 0 Å². The zero-order chi connectivity index (χ0) is 14.1. The smallest absolute Gasteiger partial charge is 0.236 e. The van der Waals surface area contributed by atoms with Crippen LogP contribution in [0.4, 0.5) is 0 Å². The van der Waals surface area contributed by atoms with E-state index in [0.717, 1.165) is 30.6 Å². The summed E-state index contributed by atoms with van der Waals surface area (Å²) >= 11 is 0. The van der Waals surface area contributed by atoms with Gasteiger partial charge in [-0.05, 0) is 37.5 Å². The molecular weight excluding hydrogens is 276 g/mol. The Morgan fingerprint density at radius 1 is 1.40 bits per heavy atom. The van der Waals surface area contributed by atoms with Crippen molar-refractivity contribution < 1.29 is 9.53 Å². The standard InChI is InChI=1S/C15H24N2O2.ClH/c1-3-6-14(16)15(18)17-10-9-12-7-5-8-13(11-12)19-4-2;/h5,7-8,11,14H,3-4,6,9-10,16H2,1-2H3,(H,17,18);1H. The highest BCUT2D eigenvalue weighted by Gasteiger charge is 2.10. The van der Waals surface area contributed by atoms with Gasteiger partial charge in [0.1, 0.15) is 5.75 Å². The molecule has 1 unspecified atom stereocenters. The fourth-order valence-electron chi connectivity index (χ4n) is 1.86. The number of carbonyl (C=O) groups is 1. The van der Waals surface area contributed by atoms with Crippen molar-refractivity contribution >= 4 is 18.3 Å². The summed E-state index contributed by atoms with van der Waals surface area (Å²) in [5.74, 6) is 0.803. The van der Waals surface area contributed by atoms with Crippen molar-refractivity contribution in [2.45, 2.75) is 39.2 Å². The van der Waals surface area contributed by atoms with Gasteiger partial charge in [0.15, 0.2) is 0 Å². The molecule has 0 bridgehead atoms. The highest BCUT2D eigenvalue weighted by molar-refractivity contribution is 5.85. The lowest BCUT2D eigenvalue weighted by Crippen LogP contribution is -2.41. The quantitative estimate of drug-likeness (QED) is 0.774. The summed E-state index contributed by atoms with van der Waals surface area (Å²) in [6, 6.07) is 7.54. The first-order chi connectivity index (χ1) is 9.17. The summed E-state index contributed by atoms with van der Waals surface area (Å²) in [5.41, 5.74) is 6.89. The van der Waals surface area contributed by atoms with E-state index in [4.69, 9.17) is 10.5 Å². The molecule has 3 N–H and O–H groups in total. The van der Waals surface area contributed by atoms with Gasteiger partial charge >= 0.3 is 0 Å². The molecule has 0 spiro atoms. The monoisotopic (exact) mass is 300 g/mol. The number of hydrogen-bond donors (Lipinski definition) is 2. The second-order valence-corrected chi connectivity index (χ2v) is 4.52. The summed E-state index contributed by atoms with van der Waals surface area (Å²) in [4.78, 5) is 11.6. The molecule has 1 atom stereocenters. The third-order valence-electron chi connectivity index (χ3n) is 2.86. The van der Waals surface area contributed by atoms with Gasteiger partial charge in [0.2, 0.25) is 5.91 Å². The molecule has 0 radical (unpaired) electrons. The van der Waals surface area contributed by atoms with E-state index in [1.54, 1.807) is 0 Å². The number of ether oxygens (including phenoxy) is 1. The molecule has 1 rings (SSSR count). The lowest BCUT2D eigenvalue weighted by molar-refractivity contribution is -0.122. The van der Waals surface area contributed by atoms with Gasteiger partial charge in [-0.1, -0.05) is 25.5 Å². The van der Waals surface area contributed by atoms with Gasteiger partial charge in [-0.15, -0.1) is 12.4 Å². The van der Waals surface area contributed by atoms with E-state index in [-0.39, 0.29) is 24.4 Å². The van der Waals surface area contributed by atoms with Crippen molar-refractivity contribution in [1.82, 2.24) is 5.32 Å². The Labute approximate surface area is 127 Å². The second-order valence-electron chi connectivity index (χ2n) is 4.52. The summed E-state index contributed by atoms with van der Waals surface area (Å²) in [6.45, 7) is 5.24. The maximum absolute atomic E-state index is 11.6. The number of benzene rings is 1. The van der Waals surface area contributed by atoms with Crippen LogP contribution in [0.3, 0.4) is 0 Å². The van der Waals surface area contributed by atoms with E-state index in [1.807, 2.05) is 38.1 Å². The van der Waals surface area contributed by atoms with Gasteiger partial charge in [-0.2, -0.15) is 0 Å². The Kier molecular flexibility index (Phi) is 9.86. The predicted molar refractivity (Wildman–Crippen MR) is 84.5 cm³/mol. The molecule has 0 aromatic heterocycles. The van der Waals surface area contributed by atoms with E-state index in [0.29, 0.717) is 13.2 Å². The number of nitrogens with one attached hydrogen (secondary N) is 1. The van der Waals surface area contributed by atoms with Gasteiger partial charge < -0.3 is 15.8 Å². The minimum absolute atomic E-state index is 0. The maximum atomic E-state index is 11.6. The topological polar surface area (TPSA) is 64.4 Å². The average Bonchev–Trinajstić information content (AvgIpc) is 2.40. The first kappa shape index (κ1) is 18.7. The largest absolute Gasteiger partial charge is 0.494 e. The van der Waals surface area contributed by atoms with E-state index < -0.39 is 0 Å². The van der Waals surface area contributed by atoms with E-state index in [9.17, 15) is 4.79 Å². The van der Waals surface area contributed by atoms with Crippen molar-refractivity contribution in [3.8, 4) is 5.75 Å². The number of rotatable bonds is 8. The van der Waals surface area contributed by atoms with Crippen LogP contribution in [-0.4, -0.2) is 25.1 Å². The number of amides is 1. The van der Waals surface area contributed by atoms with Crippen molar-refractivity contribution in [2.24, 2.45) is 5.73 Å². The molecule has 114 valence electrons. The molecule has 1 amide bonds. The molecule has 0 aliphatic rings. The molecule has 0 saturated heterocycles. The molecule has 1 aromatic rings. The minimum Gasteiger partial charge on any atom is -0.494 e. The number of nitrogens with two attached hydrogens (primary N) is 1. The summed E-state index contributed by atoms with van der Waals surface area (Å²) < 4.78 is 5.44. The highest BCUT2D eigenvalue weighted by atomic mass is 35.5. The Hall–Kier alpha value is -1.26. The van der Waals surface area contributed by atoms with Gasteiger partial charge in [0, 0.05) is 6.54 Å². The number of carbonyl (C=O) groups excluding carboxylic acids is 1. The molecule has 5 heteroatoms. The number of halogens is 1. The van der Waals surface area contributed by atoms with Crippen LogP contribution in [0.25, 0.3) is 0 Å². The fourth-order valence-corrected chi connectivity index (χ4v) is 1.86. The lowest BCUT2D eigenvalue weighted by atomic mass is 10.1. The van der Waals surface area contributed by atoms with Gasteiger partial charge in [0.05, 0.1) is 12.6 Å². The molecule has 4 nitrogen and oxygen atoms in total. The van der Waals surface area contributed by atoms with Gasteiger partial charge in [-0.25, -0.2) is 0 Å². The van der Waals surface area contributed by atoms with Gasteiger partial charge in [0.25, 0.3) is 0 Å². The SMILES string of the molecule is CCCC(N)C(=O)NCCc1cccc(OCC)c1.Cl. The van der Waals surface area contributed by atoms with Crippen LogP contribution in [0, 0.1) is 0 Å². The normalized spacial score (nSPS) is 11.3. The Balaban J connectivity index is 0.00000361. The van der Waals surface area contributed by atoms with E-state index >= 15 is 0 Å². The van der Waals surface area contributed by atoms with Crippen LogP contribution < -0.4 is 15.8 Å². The summed E-state index contributed by atoms with van der Waals surface area (Å²) in [5, 5.41) is 2.86. The van der Waals surface area contributed by atoms with Gasteiger partial charge in [-0.3, -0.25) is 4.79 Å². The molecule has 0 aliphatic carbocycles. The highest BCUT2D eigenvalue weighted by Crippen LogP contribution is 2.13. The maximum Gasteiger partial charge on any atom is 0.236 e. The Morgan fingerprint density at radius 3 is 2.80 bits per heavy atom. The van der Waals surface area contributed by atoms with E-state index in [2.05, 4.69) is 5.32 Å². The zero-order valence-electron chi connectivity index (χ0n) is 12.2. The molecule has 0 heterocycles. The van der Waals surface area contributed by atoms with Crippen molar-refractivity contribution in [3.63, 3.8) is 0 Å². The molecule has 0 fully saturated rings. The van der Waals surface area contributed by atoms with Crippen LogP contribution in [0.2, 0.25) is 0 Å². The lowest BCUT2D eigenvalue weighted by Gasteiger charge is -2.11. The molecule has 1 aromatic carbocycles. The van der Waals surface area contributed by atoms with Crippen molar-refractivity contribution in [1.29, 1.82) is 0 Å². The van der Waals surface area contributed by atoms with Crippen molar-refractivity contribution in [3.05, 3.63) is 29.8 Å². The third kappa shape index (κ3) is 6.78. The Morgan fingerprint density at radius 2 is 2.15 bits per heavy atom. The molecule has 20 heavy (non-hydrogen) atoms. The number of hydrogen-bond acceptors (Lipinski definition) is 3. The molecule has 0 saturated carbocycles. The molecule has 0 aliphatic heterocycles. The van der Waals surface area contributed by atoms with Crippen LogP contribution >= 0.6 is 12.4 Å². The predicted octanol–water partition coefficient (Wildman–Crippen LogP) is 2.29. The fraction of sp³-hybridized carbons (Fsp3) is 0.533. The van der Waals surface area contributed by atoms with Crippen LogP contribution in [-0.2, 0) is 11.2 Å². The summed E-state index contributed by atoms with van der Waals surface area (Å²) in [6.07, 6.45) is 2.43. The minimum atomic E-state index is -0.389. The molecular formula is C15H25ClN2O2. The van der Waals surface area contributed by atoms with Crippen LogP contribution in [0.1, 0.15) is 32.3 Å². The average molecular weight is 301 g/mol. The zero-order valence-corrected chi connectivity index (χ0v) is 13.0. The second kappa shape index (κ2) is 10.5. The van der Waals surface area contributed by atoms with Crippen LogP contribution in [0.5, 0.6) is 5.75 Å².